The van der Waals surface area contributed by atoms with Gasteiger partial charge in [-0.05, 0) is 35.6 Å². The van der Waals surface area contributed by atoms with Gasteiger partial charge in [-0.1, -0.05) is 93.8 Å². The lowest BCUT2D eigenvalue weighted by atomic mass is 9.95. The molecule has 7 nitrogen and oxygen atoms in total. The zero-order valence-electron chi connectivity index (χ0n) is 21.1. The topological polar surface area (TPSA) is 101 Å². The van der Waals surface area contributed by atoms with Crippen molar-refractivity contribution >= 4 is 28.3 Å². The minimum Gasteiger partial charge on any atom is -0.489 e. The minimum atomic E-state index is -1.13. The minimum absolute atomic E-state index is 0.136. The maximum Gasteiger partial charge on any atom is 0.249 e. The smallest absolute Gasteiger partial charge is 0.249 e. The second-order valence-corrected chi connectivity index (χ2v) is 9.68. The summed E-state index contributed by atoms with van der Waals surface area (Å²) in [5.74, 6) is -0.196. The van der Waals surface area contributed by atoms with Crippen molar-refractivity contribution in [1.29, 1.82) is 0 Å². The van der Waals surface area contributed by atoms with Gasteiger partial charge in [-0.3, -0.25) is 9.59 Å². The largest absolute Gasteiger partial charge is 0.489 e. The molecule has 0 aliphatic carbocycles. The molecule has 2 aromatic carbocycles. The molecule has 0 unspecified atom stereocenters. The Hall–Kier alpha value is -3.23. The lowest BCUT2D eigenvalue weighted by Crippen LogP contribution is -2.49. The molecule has 8 heteroatoms. The number of aliphatic hydroxyl groups is 1. The zero-order chi connectivity index (χ0) is 25.9. The molecule has 0 aliphatic rings. The molecule has 192 valence electrons. The number of anilines is 1. The summed E-state index contributed by atoms with van der Waals surface area (Å²) in [6.45, 7) is 6.22. The lowest BCUT2D eigenvalue weighted by molar-refractivity contribution is -0.135. The Labute approximate surface area is 216 Å². The molecule has 1 aromatic heterocycles. The van der Waals surface area contributed by atoms with Crippen LogP contribution in [0.5, 0.6) is 5.75 Å². The third-order valence-electron chi connectivity index (χ3n) is 6.13. The SMILES string of the molecule is CCC[C@H](NC(=O)[C@@H](O)C(CC)CC)C(=O)Nc1ncc(-c2ccccc2COc2ccccc2)s1. The summed E-state index contributed by atoms with van der Waals surface area (Å²) in [6, 6.07) is 16.8. The second kappa shape index (κ2) is 13.8. The van der Waals surface area contributed by atoms with Gasteiger partial charge in [0.05, 0.1) is 4.88 Å². The highest BCUT2D eigenvalue weighted by Gasteiger charge is 2.28. The van der Waals surface area contributed by atoms with Crippen LogP contribution in [0.2, 0.25) is 0 Å². The zero-order valence-corrected chi connectivity index (χ0v) is 21.9. The van der Waals surface area contributed by atoms with Crippen molar-refractivity contribution in [3.05, 3.63) is 66.4 Å². The van der Waals surface area contributed by atoms with Crippen LogP contribution >= 0.6 is 11.3 Å². The van der Waals surface area contributed by atoms with Crippen LogP contribution in [0.1, 0.15) is 52.0 Å². The number of hydrogen-bond acceptors (Lipinski definition) is 6. The number of para-hydroxylation sites is 1. The van der Waals surface area contributed by atoms with Crippen LogP contribution in [0.15, 0.2) is 60.8 Å². The van der Waals surface area contributed by atoms with E-state index in [1.165, 1.54) is 11.3 Å². The van der Waals surface area contributed by atoms with Gasteiger partial charge in [0.15, 0.2) is 5.13 Å². The first-order chi connectivity index (χ1) is 17.5. The molecule has 0 spiro atoms. The summed E-state index contributed by atoms with van der Waals surface area (Å²) in [7, 11) is 0. The molecular formula is C28H35N3O4S. The van der Waals surface area contributed by atoms with E-state index in [9.17, 15) is 14.7 Å². The molecule has 1 heterocycles. The molecule has 2 amide bonds. The number of hydrogen-bond donors (Lipinski definition) is 3. The summed E-state index contributed by atoms with van der Waals surface area (Å²) < 4.78 is 5.93. The Bertz CT molecular complexity index is 1110. The normalized spacial score (nSPS) is 12.7. The predicted molar refractivity (Wildman–Crippen MR) is 144 cm³/mol. The molecule has 3 rings (SSSR count). The molecule has 0 saturated carbocycles. The number of benzene rings is 2. The third kappa shape index (κ3) is 7.38. The number of aromatic nitrogens is 1. The molecule has 3 N–H and O–H groups in total. The van der Waals surface area contributed by atoms with E-state index in [1.54, 1.807) is 6.20 Å². The van der Waals surface area contributed by atoms with Gasteiger partial charge in [0.1, 0.15) is 24.5 Å². The number of amides is 2. The lowest BCUT2D eigenvalue weighted by Gasteiger charge is -2.23. The maximum absolute atomic E-state index is 13.0. The highest BCUT2D eigenvalue weighted by Crippen LogP contribution is 2.32. The summed E-state index contributed by atoms with van der Waals surface area (Å²) in [5, 5.41) is 16.4. The number of aliphatic hydroxyl groups excluding tert-OH is 1. The van der Waals surface area contributed by atoms with Gasteiger partial charge in [-0.2, -0.15) is 0 Å². The van der Waals surface area contributed by atoms with Gasteiger partial charge >= 0.3 is 0 Å². The van der Waals surface area contributed by atoms with E-state index >= 15 is 0 Å². The summed E-state index contributed by atoms with van der Waals surface area (Å²) in [4.78, 5) is 30.8. The van der Waals surface area contributed by atoms with Crippen molar-refractivity contribution in [3.8, 4) is 16.2 Å². The van der Waals surface area contributed by atoms with E-state index in [0.717, 1.165) is 21.8 Å². The Morgan fingerprint density at radius 3 is 2.39 bits per heavy atom. The molecule has 0 bridgehead atoms. The predicted octanol–water partition coefficient (Wildman–Crippen LogP) is 5.41. The highest BCUT2D eigenvalue weighted by molar-refractivity contribution is 7.19. The first-order valence-corrected chi connectivity index (χ1v) is 13.3. The Morgan fingerprint density at radius 2 is 1.69 bits per heavy atom. The van der Waals surface area contributed by atoms with Gasteiger partial charge in [0.2, 0.25) is 11.8 Å². The van der Waals surface area contributed by atoms with E-state index in [-0.39, 0.29) is 11.8 Å². The van der Waals surface area contributed by atoms with Crippen molar-refractivity contribution in [3.63, 3.8) is 0 Å². The molecule has 0 aliphatic heterocycles. The Balaban J connectivity index is 1.67. The molecule has 2 atom stereocenters. The summed E-state index contributed by atoms with van der Waals surface area (Å²) in [5.41, 5.74) is 1.99. The third-order valence-corrected chi connectivity index (χ3v) is 7.08. The van der Waals surface area contributed by atoms with Gasteiger partial charge in [0, 0.05) is 6.20 Å². The van der Waals surface area contributed by atoms with Crippen molar-refractivity contribution in [2.24, 2.45) is 5.92 Å². The molecule has 0 radical (unpaired) electrons. The van der Waals surface area contributed by atoms with Crippen LogP contribution < -0.4 is 15.4 Å². The first-order valence-electron chi connectivity index (χ1n) is 12.5. The Morgan fingerprint density at radius 1 is 1.00 bits per heavy atom. The van der Waals surface area contributed by atoms with Crippen LogP contribution in [-0.4, -0.2) is 34.1 Å². The van der Waals surface area contributed by atoms with Gasteiger partial charge in [0.25, 0.3) is 0 Å². The average Bonchev–Trinajstić information content (AvgIpc) is 3.36. The van der Waals surface area contributed by atoms with E-state index < -0.39 is 18.1 Å². The van der Waals surface area contributed by atoms with E-state index in [2.05, 4.69) is 15.6 Å². The standard InChI is InChI=1S/C28H35N3O4S/c1-4-12-23(30-27(34)25(32)19(5-2)6-3)26(33)31-28-29-17-24(36-28)22-16-11-10-13-20(22)18-35-21-14-8-7-9-15-21/h7-11,13-17,19,23,25,32H,4-6,12,18H2,1-3H3,(H,30,34)(H,29,31,33)/t23-,25-/m0/s1. The second-order valence-electron chi connectivity index (χ2n) is 8.65. The molecular weight excluding hydrogens is 474 g/mol. The number of nitrogens with one attached hydrogen (secondary N) is 2. The molecule has 36 heavy (non-hydrogen) atoms. The number of carbonyl (C=O) groups excluding carboxylic acids is 2. The maximum atomic E-state index is 13.0. The van der Waals surface area contributed by atoms with Crippen molar-refractivity contribution in [2.75, 3.05) is 5.32 Å². The number of thiazole rings is 1. The van der Waals surface area contributed by atoms with Crippen LogP contribution in [0.25, 0.3) is 10.4 Å². The molecule has 0 fully saturated rings. The summed E-state index contributed by atoms with van der Waals surface area (Å²) in [6.07, 6.45) is 3.15. The highest BCUT2D eigenvalue weighted by atomic mass is 32.1. The van der Waals surface area contributed by atoms with E-state index in [4.69, 9.17) is 4.74 Å². The van der Waals surface area contributed by atoms with E-state index in [0.29, 0.717) is 37.4 Å². The fourth-order valence-electron chi connectivity index (χ4n) is 3.98. The number of carbonyl (C=O) groups is 2. The molecule has 3 aromatic rings. The van der Waals surface area contributed by atoms with Crippen molar-refractivity contribution in [1.82, 2.24) is 10.3 Å². The van der Waals surface area contributed by atoms with Crippen LogP contribution in [0.3, 0.4) is 0 Å². The van der Waals surface area contributed by atoms with Crippen molar-refractivity contribution < 1.29 is 19.4 Å². The fourth-order valence-corrected chi connectivity index (χ4v) is 4.86. The van der Waals surface area contributed by atoms with E-state index in [1.807, 2.05) is 75.4 Å². The van der Waals surface area contributed by atoms with Gasteiger partial charge < -0.3 is 20.5 Å². The fraction of sp³-hybridized carbons (Fsp3) is 0.393. The number of ether oxygens (including phenoxy) is 1. The van der Waals surface area contributed by atoms with Crippen LogP contribution in [0.4, 0.5) is 5.13 Å². The van der Waals surface area contributed by atoms with Crippen LogP contribution in [0, 0.1) is 5.92 Å². The van der Waals surface area contributed by atoms with Gasteiger partial charge in [-0.25, -0.2) is 4.98 Å². The van der Waals surface area contributed by atoms with Crippen molar-refractivity contribution in [2.45, 2.75) is 65.2 Å². The first kappa shape index (κ1) is 27.4. The monoisotopic (exact) mass is 509 g/mol. The number of rotatable bonds is 13. The Kier molecular flexibility index (Phi) is 10.5. The quantitative estimate of drug-likeness (QED) is 0.286. The van der Waals surface area contributed by atoms with Crippen LogP contribution in [-0.2, 0) is 16.2 Å². The average molecular weight is 510 g/mol. The van der Waals surface area contributed by atoms with Gasteiger partial charge in [-0.15, -0.1) is 0 Å². The number of nitrogens with zero attached hydrogens (tertiary/aromatic N) is 1. The molecule has 0 saturated heterocycles. The summed E-state index contributed by atoms with van der Waals surface area (Å²) >= 11 is 1.36.